The number of allylic oxidation sites excluding steroid dienone is 1. The van der Waals surface area contributed by atoms with Gasteiger partial charge in [0.05, 0.1) is 11.3 Å². The fourth-order valence-electron chi connectivity index (χ4n) is 5.87. The average molecular weight is 573 g/mol. The van der Waals surface area contributed by atoms with Crippen LogP contribution in [-0.4, -0.2) is 43.3 Å². The van der Waals surface area contributed by atoms with Crippen molar-refractivity contribution in [3.63, 3.8) is 0 Å². The number of nitrogens with zero attached hydrogens (tertiary/aromatic N) is 5. The lowest BCUT2D eigenvalue weighted by Crippen LogP contribution is -2.55. The number of pyridine rings is 2. The van der Waals surface area contributed by atoms with Gasteiger partial charge in [-0.15, -0.1) is 0 Å². The zero-order chi connectivity index (χ0) is 30.4. The zero-order valence-corrected chi connectivity index (χ0v) is 25.3. The van der Waals surface area contributed by atoms with Crippen LogP contribution in [0.5, 0.6) is 0 Å². The number of nitrogen functional groups attached to an aromatic ring is 1. The van der Waals surface area contributed by atoms with Crippen LogP contribution in [0.1, 0.15) is 45.6 Å². The molecule has 2 N–H and O–H groups in total. The van der Waals surface area contributed by atoms with Gasteiger partial charge in [0.1, 0.15) is 11.3 Å². The number of anilines is 1. The van der Waals surface area contributed by atoms with Gasteiger partial charge < -0.3 is 5.73 Å². The van der Waals surface area contributed by atoms with E-state index in [4.69, 9.17) is 15.7 Å². The second kappa shape index (κ2) is 13.1. The summed E-state index contributed by atoms with van der Waals surface area (Å²) in [7, 11) is 0. The molecule has 0 bridgehead atoms. The van der Waals surface area contributed by atoms with Gasteiger partial charge in [0.15, 0.2) is 17.3 Å². The zero-order valence-electron chi connectivity index (χ0n) is 25.3. The Kier molecular flexibility index (Phi) is 9.12. The molecule has 1 aliphatic rings. The first kappa shape index (κ1) is 29.9. The minimum Gasteiger partial charge on any atom is -0.383 e. The molecule has 1 fully saturated rings. The van der Waals surface area contributed by atoms with E-state index < -0.39 is 0 Å². The van der Waals surface area contributed by atoms with Crippen molar-refractivity contribution in [1.29, 1.82) is 0 Å². The standard InChI is InChI=1S/C32H34N6.C4H6O/c1-3-18-32(4-2)21-37(22-32)20-23-12-14-25(15-13-23)38-30(26-11-8-19-34-29(26)33)36-28-17-16-27(35-31(28)38)24-9-6-5-7-10-24;1-3-4(2)5/h5-17,19H,3-4,18,20-22H2,1-2H3,(H2,33,34);3H,1H2,2H3. The van der Waals surface area contributed by atoms with E-state index in [1.807, 2.05) is 42.5 Å². The number of hydrogen-bond acceptors (Lipinski definition) is 6. The van der Waals surface area contributed by atoms with Crippen LogP contribution >= 0.6 is 0 Å². The van der Waals surface area contributed by atoms with Crippen molar-refractivity contribution in [2.45, 2.75) is 46.6 Å². The van der Waals surface area contributed by atoms with Crippen LogP contribution in [0.15, 0.2) is 97.7 Å². The summed E-state index contributed by atoms with van der Waals surface area (Å²) in [5.74, 6) is 1.21. The van der Waals surface area contributed by atoms with E-state index >= 15 is 0 Å². The lowest BCUT2D eigenvalue weighted by Gasteiger charge is -2.50. The number of aromatic nitrogens is 4. The second-order valence-corrected chi connectivity index (χ2v) is 11.3. The molecule has 6 rings (SSSR count). The monoisotopic (exact) mass is 572 g/mol. The highest BCUT2D eigenvalue weighted by Gasteiger charge is 2.40. The number of imidazole rings is 1. The first-order valence-corrected chi connectivity index (χ1v) is 15.0. The van der Waals surface area contributed by atoms with Crippen molar-refractivity contribution in [2.75, 3.05) is 18.8 Å². The molecular formula is C36H40N6O. The molecule has 7 heteroatoms. The molecular weight excluding hydrogens is 532 g/mol. The van der Waals surface area contributed by atoms with Crippen molar-refractivity contribution >= 4 is 22.8 Å². The Morgan fingerprint density at radius 1 is 0.977 bits per heavy atom. The van der Waals surface area contributed by atoms with Crippen LogP contribution < -0.4 is 5.73 Å². The van der Waals surface area contributed by atoms with Crippen LogP contribution in [0.2, 0.25) is 0 Å². The molecule has 0 saturated carbocycles. The van der Waals surface area contributed by atoms with Gasteiger partial charge in [0.2, 0.25) is 0 Å². The number of likely N-dealkylation sites (tertiary alicyclic amines) is 1. The van der Waals surface area contributed by atoms with Crippen molar-refractivity contribution in [3.05, 3.63) is 103 Å². The minimum absolute atomic E-state index is 0.0185. The summed E-state index contributed by atoms with van der Waals surface area (Å²) in [5, 5.41) is 0. The summed E-state index contributed by atoms with van der Waals surface area (Å²) >= 11 is 0. The highest BCUT2D eigenvalue weighted by atomic mass is 16.1. The van der Waals surface area contributed by atoms with E-state index in [9.17, 15) is 4.79 Å². The summed E-state index contributed by atoms with van der Waals surface area (Å²) in [6, 6.07) is 26.9. The number of fused-ring (bicyclic) bond motifs is 1. The Balaban J connectivity index is 0.000000682. The molecule has 220 valence electrons. The van der Waals surface area contributed by atoms with Gasteiger partial charge in [-0.25, -0.2) is 15.0 Å². The number of carbonyl (C=O) groups excluding carboxylic acids is 1. The molecule has 4 heterocycles. The SMILES string of the molecule is C=CC(C)=O.CCCC1(CC)CN(Cc2ccc(-n3c(-c4cccnc4N)nc4ccc(-c5ccccc5)nc43)cc2)C1. The summed E-state index contributed by atoms with van der Waals surface area (Å²) in [6.45, 7) is 12.7. The van der Waals surface area contributed by atoms with Crippen LogP contribution in [0.3, 0.4) is 0 Å². The highest BCUT2D eigenvalue weighted by molar-refractivity contribution is 5.86. The van der Waals surface area contributed by atoms with Gasteiger partial charge in [0.25, 0.3) is 0 Å². The maximum atomic E-state index is 9.69. The minimum atomic E-state index is 0.0185. The number of rotatable bonds is 9. The van der Waals surface area contributed by atoms with Crippen LogP contribution in [-0.2, 0) is 11.3 Å². The third kappa shape index (κ3) is 6.57. The van der Waals surface area contributed by atoms with E-state index in [0.717, 1.165) is 46.0 Å². The summed E-state index contributed by atoms with van der Waals surface area (Å²) in [5.41, 5.74) is 13.5. The fraction of sp³-hybridized carbons (Fsp3) is 0.278. The number of carbonyl (C=O) groups is 1. The maximum absolute atomic E-state index is 9.69. The van der Waals surface area contributed by atoms with Gasteiger partial charge in [-0.2, -0.15) is 0 Å². The Morgan fingerprint density at radius 3 is 2.33 bits per heavy atom. The Morgan fingerprint density at radius 2 is 1.70 bits per heavy atom. The first-order chi connectivity index (χ1) is 20.9. The number of nitrogens with two attached hydrogens (primary N) is 1. The van der Waals surface area contributed by atoms with Crippen LogP contribution in [0.25, 0.3) is 39.5 Å². The molecule has 3 aromatic heterocycles. The number of ketones is 1. The smallest absolute Gasteiger partial charge is 0.165 e. The highest BCUT2D eigenvalue weighted by Crippen LogP contribution is 2.39. The van der Waals surface area contributed by atoms with Gasteiger partial charge >= 0.3 is 0 Å². The summed E-state index contributed by atoms with van der Waals surface area (Å²) < 4.78 is 2.10. The normalized spacial score (nSPS) is 14.0. The lowest BCUT2D eigenvalue weighted by atomic mass is 9.74. The molecule has 43 heavy (non-hydrogen) atoms. The van der Waals surface area contributed by atoms with Crippen molar-refractivity contribution in [3.8, 4) is 28.3 Å². The van der Waals surface area contributed by atoms with Gasteiger partial charge in [-0.05, 0) is 73.2 Å². The number of benzene rings is 2. The first-order valence-electron chi connectivity index (χ1n) is 15.0. The maximum Gasteiger partial charge on any atom is 0.165 e. The third-order valence-electron chi connectivity index (χ3n) is 8.19. The van der Waals surface area contributed by atoms with Gasteiger partial charge in [-0.3, -0.25) is 14.3 Å². The average Bonchev–Trinajstić information content (AvgIpc) is 3.39. The molecule has 0 radical (unpaired) electrons. The van der Waals surface area contributed by atoms with E-state index in [0.29, 0.717) is 11.2 Å². The molecule has 0 unspecified atom stereocenters. The lowest BCUT2D eigenvalue weighted by molar-refractivity contribution is -0.112. The Hall–Kier alpha value is -4.62. The Bertz CT molecular complexity index is 1700. The van der Waals surface area contributed by atoms with Gasteiger partial charge in [-0.1, -0.05) is 69.3 Å². The quantitative estimate of drug-likeness (QED) is 0.184. The fourth-order valence-corrected chi connectivity index (χ4v) is 5.87. The molecule has 2 aromatic carbocycles. The molecule has 5 aromatic rings. The van der Waals surface area contributed by atoms with E-state index in [1.165, 1.54) is 50.9 Å². The van der Waals surface area contributed by atoms with E-state index in [-0.39, 0.29) is 5.78 Å². The van der Waals surface area contributed by atoms with E-state index in [2.05, 4.69) is 71.3 Å². The molecule has 7 nitrogen and oxygen atoms in total. The molecule has 0 aliphatic carbocycles. The second-order valence-electron chi connectivity index (χ2n) is 11.3. The van der Waals surface area contributed by atoms with Crippen molar-refractivity contribution in [2.24, 2.45) is 5.41 Å². The summed E-state index contributed by atoms with van der Waals surface area (Å²) in [6.07, 6.45) is 6.84. The third-order valence-corrected chi connectivity index (χ3v) is 8.19. The molecule has 1 aliphatic heterocycles. The van der Waals surface area contributed by atoms with Gasteiger partial charge in [0, 0.05) is 37.1 Å². The predicted octanol–water partition coefficient (Wildman–Crippen LogP) is 7.51. The number of hydrogen-bond donors (Lipinski definition) is 1. The van der Waals surface area contributed by atoms with Crippen LogP contribution in [0.4, 0.5) is 5.82 Å². The van der Waals surface area contributed by atoms with Crippen molar-refractivity contribution in [1.82, 2.24) is 24.4 Å². The van der Waals surface area contributed by atoms with Crippen LogP contribution in [0, 0.1) is 5.41 Å². The molecule has 0 atom stereocenters. The molecule has 0 spiro atoms. The predicted molar refractivity (Wildman–Crippen MR) is 176 cm³/mol. The largest absolute Gasteiger partial charge is 0.383 e. The topological polar surface area (TPSA) is 89.9 Å². The van der Waals surface area contributed by atoms with Crippen molar-refractivity contribution < 1.29 is 4.79 Å². The molecule has 0 amide bonds. The molecule has 1 saturated heterocycles. The summed E-state index contributed by atoms with van der Waals surface area (Å²) in [4.78, 5) is 26.6. The Labute approximate surface area is 254 Å². The van der Waals surface area contributed by atoms with E-state index in [1.54, 1.807) is 6.20 Å².